The third-order valence-corrected chi connectivity index (χ3v) is 4.41. The van der Waals surface area contributed by atoms with E-state index in [0.717, 1.165) is 22.4 Å². The van der Waals surface area contributed by atoms with Crippen LogP contribution < -0.4 is 10.1 Å². The number of fused-ring (bicyclic) bond motifs is 1. The molecule has 0 fully saturated rings. The second kappa shape index (κ2) is 6.92. The molecule has 134 valence electrons. The fraction of sp³-hybridized carbons (Fsp3) is 0.0952. The summed E-state index contributed by atoms with van der Waals surface area (Å²) in [5, 5.41) is 2.93. The lowest BCUT2D eigenvalue weighted by atomic mass is 10.2. The van der Waals surface area contributed by atoms with Gasteiger partial charge in [-0.1, -0.05) is 12.1 Å². The smallest absolute Gasteiger partial charge is 0.259 e. The highest BCUT2D eigenvalue weighted by molar-refractivity contribution is 6.06. The summed E-state index contributed by atoms with van der Waals surface area (Å²) in [6.07, 6.45) is 3.52. The number of benzene rings is 2. The lowest BCUT2D eigenvalue weighted by Crippen LogP contribution is -2.13. The van der Waals surface area contributed by atoms with Crippen molar-refractivity contribution in [2.24, 2.45) is 7.05 Å². The first-order valence-electron chi connectivity index (χ1n) is 8.48. The van der Waals surface area contributed by atoms with Crippen LogP contribution in [0.4, 0.5) is 5.69 Å². The Morgan fingerprint density at radius 2 is 1.96 bits per heavy atom. The predicted molar refractivity (Wildman–Crippen MR) is 105 cm³/mol. The van der Waals surface area contributed by atoms with E-state index in [9.17, 15) is 4.79 Å². The highest BCUT2D eigenvalue weighted by Crippen LogP contribution is 2.26. The summed E-state index contributed by atoms with van der Waals surface area (Å²) in [7, 11) is 3.50. The van der Waals surface area contributed by atoms with Gasteiger partial charge in [0.2, 0.25) is 0 Å². The van der Waals surface area contributed by atoms with Crippen LogP contribution in [-0.2, 0) is 7.05 Å². The summed E-state index contributed by atoms with van der Waals surface area (Å²) in [4.78, 5) is 21.5. The minimum Gasteiger partial charge on any atom is -0.496 e. The Labute approximate surface area is 156 Å². The first-order valence-corrected chi connectivity index (χ1v) is 8.48. The van der Waals surface area contributed by atoms with E-state index in [1.807, 2.05) is 54.1 Å². The predicted octanol–water partition coefficient (Wildman–Crippen LogP) is 3.90. The number of nitrogens with zero attached hydrogens (tertiary/aromatic N) is 3. The molecule has 0 saturated carbocycles. The van der Waals surface area contributed by atoms with Crippen molar-refractivity contribution in [2.45, 2.75) is 0 Å². The molecule has 0 aliphatic heterocycles. The molecule has 0 aliphatic carbocycles. The van der Waals surface area contributed by atoms with Gasteiger partial charge in [-0.15, -0.1) is 0 Å². The number of rotatable bonds is 4. The lowest BCUT2D eigenvalue weighted by Gasteiger charge is -2.09. The standard InChI is InChI=1S/C21H18N4O2/c1-25-18-12-15(23-21(26)16-7-3-4-8-19(16)27-2)9-10-17(18)24-20(25)14-6-5-11-22-13-14/h3-13H,1-2H3,(H,23,26). The highest BCUT2D eigenvalue weighted by atomic mass is 16.5. The molecular weight excluding hydrogens is 340 g/mol. The Balaban J connectivity index is 1.68. The van der Waals surface area contributed by atoms with Crippen molar-refractivity contribution in [2.75, 3.05) is 12.4 Å². The van der Waals surface area contributed by atoms with Gasteiger partial charge in [-0.2, -0.15) is 0 Å². The molecule has 0 radical (unpaired) electrons. The molecule has 0 spiro atoms. The van der Waals surface area contributed by atoms with Crippen molar-refractivity contribution in [3.63, 3.8) is 0 Å². The van der Waals surface area contributed by atoms with Gasteiger partial charge in [0.1, 0.15) is 11.6 Å². The van der Waals surface area contributed by atoms with Crippen LogP contribution in [0.15, 0.2) is 67.0 Å². The molecule has 1 N–H and O–H groups in total. The number of hydrogen-bond donors (Lipinski definition) is 1. The minimum atomic E-state index is -0.221. The van der Waals surface area contributed by atoms with Crippen LogP contribution in [0.5, 0.6) is 5.75 Å². The third kappa shape index (κ3) is 3.13. The molecule has 0 aliphatic rings. The summed E-state index contributed by atoms with van der Waals surface area (Å²) in [5.41, 5.74) is 3.90. The molecule has 4 aromatic rings. The topological polar surface area (TPSA) is 69.0 Å². The Morgan fingerprint density at radius 3 is 2.74 bits per heavy atom. The second-order valence-electron chi connectivity index (χ2n) is 6.09. The average molecular weight is 358 g/mol. The number of ether oxygens (including phenoxy) is 1. The molecule has 0 bridgehead atoms. The largest absolute Gasteiger partial charge is 0.496 e. The number of amides is 1. The zero-order valence-corrected chi connectivity index (χ0v) is 15.0. The fourth-order valence-corrected chi connectivity index (χ4v) is 3.05. The average Bonchev–Trinajstić information content (AvgIpc) is 3.05. The number of methoxy groups -OCH3 is 1. The van der Waals surface area contributed by atoms with Crippen molar-refractivity contribution in [3.8, 4) is 17.1 Å². The molecule has 0 atom stereocenters. The molecular formula is C21H18N4O2. The summed E-state index contributed by atoms with van der Waals surface area (Å²) < 4.78 is 7.26. The Bertz CT molecular complexity index is 1120. The van der Waals surface area contributed by atoms with Gasteiger partial charge >= 0.3 is 0 Å². The molecule has 0 saturated heterocycles. The molecule has 2 aromatic carbocycles. The molecule has 2 aromatic heterocycles. The van der Waals surface area contributed by atoms with Crippen LogP contribution in [-0.4, -0.2) is 27.6 Å². The Hall–Kier alpha value is -3.67. The SMILES string of the molecule is COc1ccccc1C(=O)Nc1ccc2nc(-c3cccnc3)n(C)c2c1. The number of anilines is 1. The fourth-order valence-electron chi connectivity index (χ4n) is 3.05. The van der Waals surface area contributed by atoms with Gasteiger partial charge in [-0.3, -0.25) is 9.78 Å². The molecule has 6 heteroatoms. The van der Waals surface area contributed by atoms with Crippen molar-refractivity contribution in [1.82, 2.24) is 14.5 Å². The number of aromatic nitrogens is 3. The minimum absolute atomic E-state index is 0.221. The first kappa shape index (κ1) is 16.8. The maximum absolute atomic E-state index is 12.6. The number of hydrogen-bond acceptors (Lipinski definition) is 4. The van der Waals surface area contributed by atoms with Crippen LogP contribution in [0.25, 0.3) is 22.4 Å². The van der Waals surface area contributed by atoms with Gasteiger partial charge < -0.3 is 14.6 Å². The van der Waals surface area contributed by atoms with Crippen molar-refractivity contribution < 1.29 is 9.53 Å². The van der Waals surface area contributed by atoms with Crippen LogP contribution in [0.1, 0.15) is 10.4 Å². The maximum atomic E-state index is 12.6. The van der Waals surface area contributed by atoms with Crippen molar-refractivity contribution in [3.05, 3.63) is 72.6 Å². The Kier molecular flexibility index (Phi) is 4.30. The van der Waals surface area contributed by atoms with Gasteiger partial charge in [0, 0.05) is 30.7 Å². The molecule has 1 amide bonds. The first-order chi connectivity index (χ1) is 13.2. The molecule has 6 nitrogen and oxygen atoms in total. The van der Waals surface area contributed by atoms with E-state index in [2.05, 4.69) is 15.3 Å². The van der Waals surface area contributed by atoms with E-state index in [0.29, 0.717) is 17.0 Å². The van der Waals surface area contributed by atoms with E-state index in [-0.39, 0.29) is 5.91 Å². The van der Waals surface area contributed by atoms with E-state index < -0.39 is 0 Å². The van der Waals surface area contributed by atoms with Crippen LogP contribution in [0.2, 0.25) is 0 Å². The van der Waals surface area contributed by atoms with Gasteiger partial charge in [0.15, 0.2) is 0 Å². The normalized spacial score (nSPS) is 10.7. The van der Waals surface area contributed by atoms with Crippen LogP contribution >= 0.6 is 0 Å². The molecule has 0 unspecified atom stereocenters. The zero-order valence-electron chi connectivity index (χ0n) is 15.0. The van der Waals surface area contributed by atoms with Gasteiger partial charge in [0.05, 0.1) is 23.7 Å². The summed E-state index contributed by atoms with van der Waals surface area (Å²) in [6, 6.07) is 16.6. The molecule has 4 rings (SSSR count). The number of aryl methyl sites for hydroxylation is 1. The summed E-state index contributed by atoms with van der Waals surface area (Å²) in [6.45, 7) is 0. The highest BCUT2D eigenvalue weighted by Gasteiger charge is 2.14. The third-order valence-electron chi connectivity index (χ3n) is 4.41. The monoisotopic (exact) mass is 358 g/mol. The number of nitrogens with one attached hydrogen (secondary N) is 1. The zero-order chi connectivity index (χ0) is 18.8. The quantitative estimate of drug-likeness (QED) is 0.601. The Morgan fingerprint density at radius 1 is 1.11 bits per heavy atom. The van der Waals surface area contributed by atoms with E-state index >= 15 is 0 Å². The summed E-state index contributed by atoms with van der Waals surface area (Å²) >= 11 is 0. The number of para-hydroxylation sites is 1. The van der Waals surface area contributed by atoms with Crippen LogP contribution in [0.3, 0.4) is 0 Å². The van der Waals surface area contributed by atoms with Crippen LogP contribution in [0, 0.1) is 0 Å². The van der Waals surface area contributed by atoms with Crippen molar-refractivity contribution >= 4 is 22.6 Å². The molecule has 2 heterocycles. The number of carbonyl (C=O) groups is 1. The van der Waals surface area contributed by atoms with Gasteiger partial charge in [0.25, 0.3) is 5.91 Å². The van der Waals surface area contributed by atoms with E-state index in [1.165, 1.54) is 0 Å². The van der Waals surface area contributed by atoms with Crippen molar-refractivity contribution in [1.29, 1.82) is 0 Å². The number of carbonyl (C=O) groups excluding carboxylic acids is 1. The lowest BCUT2D eigenvalue weighted by molar-refractivity contribution is 0.102. The van der Waals surface area contributed by atoms with Gasteiger partial charge in [-0.25, -0.2) is 4.98 Å². The number of imidazole rings is 1. The number of pyridine rings is 1. The second-order valence-corrected chi connectivity index (χ2v) is 6.09. The van der Waals surface area contributed by atoms with E-state index in [4.69, 9.17) is 4.74 Å². The summed E-state index contributed by atoms with van der Waals surface area (Å²) in [5.74, 6) is 1.14. The van der Waals surface area contributed by atoms with E-state index in [1.54, 1.807) is 31.6 Å². The maximum Gasteiger partial charge on any atom is 0.259 e. The van der Waals surface area contributed by atoms with Gasteiger partial charge in [-0.05, 0) is 42.5 Å². The molecule has 27 heavy (non-hydrogen) atoms.